The molecule has 1 fully saturated rings. The van der Waals surface area contributed by atoms with Crippen LogP contribution in [-0.4, -0.2) is 49.1 Å². The highest BCUT2D eigenvalue weighted by molar-refractivity contribution is 6.02. The molecule has 1 aromatic rings. The van der Waals surface area contributed by atoms with Crippen LogP contribution in [0.2, 0.25) is 0 Å². The molecule has 0 radical (unpaired) electrons. The van der Waals surface area contributed by atoms with Gasteiger partial charge >= 0.3 is 0 Å². The molecule has 5 nitrogen and oxygen atoms in total. The molecule has 0 unspecified atom stereocenters. The van der Waals surface area contributed by atoms with Gasteiger partial charge in [-0.15, -0.1) is 0 Å². The Morgan fingerprint density at radius 1 is 1.19 bits per heavy atom. The predicted octanol–water partition coefficient (Wildman–Crippen LogP) is 5.62. The van der Waals surface area contributed by atoms with Crippen molar-refractivity contribution < 1.29 is 14.3 Å². The summed E-state index contributed by atoms with van der Waals surface area (Å²) in [5.41, 5.74) is 3.62. The molecule has 5 heteroatoms. The first-order valence-corrected chi connectivity index (χ1v) is 12.4. The molecule has 3 rings (SSSR count). The fourth-order valence-corrected chi connectivity index (χ4v) is 5.48. The van der Waals surface area contributed by atoms with Crippen LogP contribution in [0.3, 0.4) is 0 Å². The van der Waals surface area contributed by atoms with E-state index < -0.39 is 0 Å². The average Bonchev–Trinajstić information content (AvgIpc) is 2.73. The average molecular weight is 443 g/mol. The molecule has 0 aromatic heterocycles. The van der Waals surface area contributed by atoms with Crippen molar-refractivity contribution in [2.75, 3.05) is 25.2 Å². The van der Waals surface area contributed by atoms with E-state index in [0.717, 1.165) is 42.5 Å². The van der Waals surface area contributed by atoms with Gasteiger partial charge in [-0.3, -0.25) is 9.59 Å². The van der Waals surface area contributed by atoms with E-state index in [4.69, 9.17) is 4.74 Å². The lowest BCUT2D eigenvalue weighted by Gasteiger charge is -2.41. The zero-order valence-electron chi connectivity index (χ0n) is 21.0. The molecule has 0 bridgehead atoms. The quantitative estimate of drug-likeness (QED) is 0.491. The number of carbonyl (C=O) groups excluding carboxylic acids is 2. The lowest BCUT2D eigenvalue weighted by molar-refractivity contribution is -0.120. The fourth-order valence-electron chi connectivity index (χ4n) is 5.48. The largest absolute Gasteiger partial charge is 0.385 e. The molecular formula is C27H42N2O3. The third-order valence-electron chi connectivity index (χ3n) is 7.23. The lowest BCUT2D eigenvalue weighted by atomic mass is 9.76. The van der Waals surface area contributed by atoms with Crippen LogP contribution in [-0.2, 0) is 14.9 Å². The summed E-state index contributed by atoms with van der Waals surface area (Å²) in [4.78, 5) is 31.0. The Balaban J connectivity index is 1.98. The molecule has 1 saturated carbocycles. The monoisotopic (exact) mass is 442 g/mol. The second kappa shape index (κ2) is 10.4. The van der Waals surface area contributed by atoms with Gasteiger partial charge in [0.15, 0.2) is 0 Å². The van der Waals surface area contributed by atoms with E-state index in [1.807, 2.05) is 17.9 Å². The van der Waals surface area contributed by atoms with Crippen molar-refractivity contribution >= 4 is 17.5 Å². The SMILES string of the molecule is COCCCCN1C(=O)CC(C)(C)c2cc(C)c(C(=O)N(C(C)C)C3CCCCC3)cc21. The number of unbranched alkanes of at least 4 members (excludes halogenated alkanes) is 1. The number of amides is 2. The van der Waals surface area contributed by atoms with E-state index in [0.29, 0.717) is 25.6 Å². The number of fused-ring (bicyclic) bond motifs is 1. The molecule has 0 spiro atoms. The smallest absolute Gasteiger partial charge is 0.254 e. The van der Waals surface area contributed by atoms with Crippen LogP contribution >= 0.6 is 0 Å². The summed E-state index contributed by atoms with van der Waals surface area (Å²) in [6.07, 6.45) is 8.14. The number of carbonyl (C=O) groups is 2. The number of hydrogen-bond acceptors (Lipinski definition) is 3. The highest BCUT2D eigenvalue weighted by Gasteiger charge is 2.38. The number of aryl methyl sites for hydroxylation is 1. The predicted molar refractivity (Wildman–Crippen MR) is 130 cm³/mol. The van der Waals surface area contributed by atoms with Crippen molar-refractivity contribution in [1.82, 2.24) is 4.90 Å². The van der Waals surface area contributed by atoms with Crippen LogP contribution in [0.4, 0.5) is 5.69 Å². The number of benzene rings is 1. The molecule has 1 aliphatic heterocycles. The number of methoxy groups -OCH3 is 1. The Kier molecular flexibility index (Phi) is 8.02. The van der Waals surface area contributed by atoms with E-state index in [1.54, 1.807) is 7.11 Å². The Hall–Kier alpha value is -1.88. The summed E-state index contributed by atoms with van der Waals surface area (Å²) in [7, 11) is 1.71. The van der Waals surface area contributed by atoms with Gasteiger partial charge in [0.1, 0.15) is 0 Å². The Morgan fingerprint density at radius 2 is 1.88 bits per heavy atom. The van der Waals surface area contributed by atoms with Gasteiger partial charge < -0.3 is 14.5 Å². The van der Waals surface area contributed by atoms with Crippen molar-refractivity contribution in [3.8, 4) is 0 Å². The minimum Gasteiger partial charge on any atom is -0.385 e. The van der Waals surface area contributed by atoms with Gasteiger partial charge in [0.05, 0.1) is 0 Å². The van der Waals surface area contributed by atoms with Gasteiger partial charge in [-0.1, -0.05) is 39.2 Å². The van der Waals surface area contributed by atoms with Crippen LogP contribution in [0, 0.1) is 6.92 Å². The van der Waals surface area contributed by atoms with E-state index in [-0.39, 0.29) is 23.3 Å². The minimum absolute atomic E-state index is 0.113. The molecule has 178 valence electrons. The van der Waals surface area contributed by atoms with Crippen LogP contribution in [0.1, 0.15) is 101 Å². The van der Waals surface area contributed by atoms with Crippen LogP contribution in [0.25, 0.3) is 0 Å². The third kappa shape index (κ3) is 5.19. The van der Waals surface area contributed by atoms with Crippen molar-refractivity contribution in [2.24, 2.45) is 0 Å². The Bertz CT molecular complexity index is 824. The minimum atomic E-state index is -0.233. The Labute approximate surface area is 194 Å². The first kappa shape index (κ1) is 24.8. The van der Waals surface area contributed by atoms with Crippen molar-refractivity contribution in [3.05, 3.63) is 28.8 Å². The van der Waals surface area contributed by atoms with E-state index in [2.05, 4.69) is 38.7 Å². The highest BCUT2D eigenvalue weighted by Crippen LogP contribution is 2.42. The number of nitrogens with zero attached hydrogens (tertiary/aromatic N) is 2. The van der Waals surface area contributed by atoms with Gasteiger partial charge in [0, 0.05) is 55.4 Å². The summed E-state index contributed by atoms with van der Waals surface area (Å²) in [5, 5.41) is 0. The lowest BCUT2D eigenvalue weighted by Crippen LogP contribution is -2.46. The molecule has 2 aliphatic rings. The molecule has 1 heterocycles. The maximum atomic E-state index is 13.8. The summed E-state index contributed by atoms with van der Waals surface area (Å²) >= 11 is 0. The van der Waals surface area contributed by atoms with Crippen molar-refractivity contribution in [1.29, 1.82) is 0 Å². The molecule has 1 aromatic carbocycles. The van der Waals surface area contributed by atoms with Gasteiger partial charge in [-0.2, -0.15) is 0 Å². The number of rotatable bonds is 8. The second-order valence-corrected chi connectivity index (χ2v) is 10.6. The van der Waals surface area contributed by atoms with Crippen molar-refractivity contribution in [3.63, 3.8) is 0 Å². The standard InChI is InChI=1S/C27H42N2O3/c1-19(2)29(21-12-8-7-9-13-21)26(31)22-17-24-23(16-20(22)3)27(4,5)18-25(30)28(24)14-10-11-15-32-6/h16-17,19,21H,7-15,18H2,1-6H3. The van der Waals surface area contributed by atoms with Gasteiger partial charge in [0.25, 0.3) is 5.91 Å². The first-order valence-electron chi connectivity index (χ1n) is 12.4. The molecule has 0 saturated heterocycles. The number of ether oxygens (including phenoxy) is 1. The maximum absolute atomic E-state index is 13.8. The molecule has 32 heavy (non-hydrogen) atoms. The normalized spacial score (nSPS) is 18.7. The molecule has 0 N–H and O–H groups in total. The number of hydrogen-bond donors (Lipinski definition) is 0. The third-order valence-corrected chi connectivity index (χ3v) is 7.23. The first-order chi connectivity index (χ1) is 15.2. The zero-order valence-corrected chi connectivity index (χ0v) is 21.0. The van der Waals surface area contributed by atoms with E-state index in [9.17, 15) is 9.59 Å². The second-order valence-electron chi connectivity index (χ2n) is 10.6. The zero-order chi connectivity index (χ0) is 23.5. The van der Waals surface area contributed by atoms with Crippen molar-refractivity contribution in [2.45, 2.75) is 103 Å². The fraction of sp³-hybridized carbons (Fsp3) is 0.704. The summed E-state index contributed by atoms with van der Waals surface area (Å²) < 4.78 is 5.18. The maximum Gasteiger partial charge on any atom is 0.254 e. The van der Waals surface area contributed by atoms with E-state index in [1.165, 1.54) is 24.8 Å². The molecular weight excluding hydrogens is 400 g/mol. The van der Waals surface area contributed by atoms with Crippen LogP contribution in [0.5, 0.6) is 0 Å². The topological polar surface area (TPSA) is 49.9 Å². The van der Waals surface area contributed by atoms with Crippen LogP contribution < -0.4 is 4.90 Å². The van der Waals surface area contributed by atoms with Gasteiger partial charge in [-0.25, -0.2) is 0 Å². The molecule has 1 aliphatic carbocycles. The van der Waals surface area contributed by atoms with Crippen LogP contribution in [0.15, 0.2) is 12.1 Å². The van der Waals surface area contributed by atoms with Gasteiger partial charge in [0.2, 0.25) is 5.91 Å². The summed E-state index contributed by atoms with van der Waals surface area (Å²) in [6.45, 7) is 11.9. The Morgan fingerprint density at radius 3 is 2.50 bits per heavy atom. The molecule has 2 amide bonds. The summed E-state index contributed by atoms with van der Waals surface area (Å²) in [6, 6.07) is 4.65. The van der Waals surface area contributed by atoms with Gasteiger partial charge in [-0.05, 0) is 63.6 Å². The molecule has 0 atom stereocenters. The number of anilines is 1. The highest BCUT2D eigenvalue weighted by atomic mass is 16.5. The van der Waals surface area contributed by atoms with E-state index >= 15 is 0 Å². The summed E-state index contributed by atoms with van der Waals surface area (Å²) in [5.74, 6) is 0.262.